The van der Waals surface area contributed by atoms with Crippen molar-refractivity contribution in [3.8, 4) is 5.75 Å². The highest BCUT2D eigenvalue weighted by Crippen LogP contribution is 2.30. The summed E-state index contributed by atoms with van der Waals surface area (Å²) in [5.74, 6) is 0.490. The van der Waals surface area contributed by atoms with Crippen LogP contribution in [0.5, 0.6) is 5.75 Å². The van der Waals surface area contributed by atoms with Crippen molar-refractivity contribution in [3.05, 3.63) is 21.9 Å². The molecule has 0 aliphatic carbocycles. The Morgan fingerprint density at radius 3 is 2.54 bits per heavy atom. The van der Waals surface area contributed by atoms with Gasteiger partial charge in [-0.05, 0) is 34.5 Å². The fourth-order valence-electron chi connectivity index (χ4n) is 1.00. The summed E-state index contributed by atoms with van der Waals surface area (Å²) < 4.78 is 29.7. The first-order valence-corrected chi connectivity index (χ1v) is 4.34. The first-order valence-electron chi connectivity index (χ1n) is 3.55. The third kappa shape index (κ3) is 2.15. The Labute approximate surface area is 83.1 Å². The van der Waals surface area contributed by atoms with E-state index >= 15 is 0 Å². The van der Waals surface area contributed by atoms with E-state index in [0.29, 0.717) is 15.9 Å². The van der Waals surface area contributed by atoms with Crippen molar-refractivity contribution < 1.29 is 13.5 Å². The highest BCUT2D eigenvalue weighted by molar-refractivity contribution is 9.10. The molecule has 2 nitrogen and oxygen atoms in total. The zero-order chi connectivity index (χ0) is 10.0. The lowest BCUT2D eigenvalue weighted by atomic mass is 10.2. The van der Waals surface area contributed by atoms with Gasteiger partial charge in [0.15, 0.2) is 5.75 Å². The van der Waals surface area contributed by atoms with Crippen LogP contribution in [0.1, 0.15) is 17.7 Å². The van der Waals surface area contributed by atoms with Gasteiger partial charge >= 0.3 is 0 Å². The van der Waals surface area contributed by atoms with Gasteiger partial charge in [-0.3, -0.25) is 0 Å². The molecule has 1 heterocycles. The maximum absolute atomic E-state index is 12.2. The Morgan fingerprint density at radius 1 is 1.54 bits per heavy atom. The maximum Gasteiger partial charge on any atom is 0.280 e. The van der Waals surface area contributed by atoms with E-state index in [-0.39, 0.29) is 5.69 Å². The molecule has 1 aromatic rings. The van der Waals surface area contributed by atoms with Crippen LogP contribution in [-0.2, 0) is 0 Å². The monoisotopic (exact) mass is 251 g/mol. The predicted molar refractivity (Wildman–Crippen MR) is 48.2 cm³/mol. The number of nitrogens with zero attached hydrogens (tertiary/aromatic N) is 1. The topological polar surface area (TPSA) is 22.1 Å². The van der Waals surface area contributed by atoms with Crippen LogP contribution in [0.3, 0.4) is 0 Å². The fourth-order valence-corrected chi connectivity index (χ4v) is 1.68. The zero-order valence-corrected chi connectivity index (χ0v) is 8.73. The molecule has 0 fully saturated rings. The van der Waals surface area contributed by atoms with Gasteiger partial charge < -0.3 is 4.74 Å². The fraction of sp³-hybridized carbons (Fsp3) is 0.375. The van der Waals surface area contributed by atoms with Crippen molar-refractivity contribution in [2.45, 2.75) is 13.3 Å². The SMILES string of the molecule is COc1c(C)cc(C(F)F)nc1Br. The summed E-state index contributed by atoms with van der Waals surface area (Å²) in [4.78, 5) is 3.65. The summed E-state index contributed by atoms with van der Waals surface area (Å²) in [5, 5.41) is 0. The first kappa shape index (κ1) is 10.4. The second-order valence-electron chi connectivity index (χ2n) is 2.49. The van der Waals surface area contributed by atoms with E-state index in [1.165, 1.54) is 13.2 Å². The zero-order valence-electron chi connectivity index (χ0n) is 7.14. The van der Waals surface area contributed by atoms with Crippen molar-refractivity contribution in [2.24, 2.45) is 0 Å². The Kier molecular flexibility index (Phi) is 3.19. The van der Waals surface area contributed by atoms with E-state index in [2.05, 4.69) is 20.9 Å². The second-order valence-corrected chi connectivity index (χ2v) is 3.24. The average Bonchev–Trinajstić information content (AvgIpc) is 2.03. The third-order valence-electron chi connectivity index (χ3n) is 1.56. The van der Waals surface area contributed by atoms with Crippen molar-refractivity contribution in [1.82, 2.24) is 4.98 Å². The molecule has 1 rings (SSSR count). The van der Waals surface area contributed by atoms with Gasteiger partial charge in [-0.15, -0.1) is 0 Å². The summed E-state index contributed by atoms with van der Waals surface area (Å²) in [6.45, 7) is 1.69. The molecule has 0 aliphatic rings. The number of aryl methyl sites for hydroxylation is 1. The molecule has 0 atom stereocenters. The Bertz CT molecular complexity index is 294. The third-order valence-corrected chi connectivity index (χ3v) is 2.10. The molecule has 0 saturated heterocycles. The van der Waals surface area contributed by atoms with E-state index in [4.69, 9.17) is 4.74 Å². The van der Waals surface area contributed by atoms with Crippen LogP contribution in [0.4, 0.5) is 8.78 Å². The van der Waals surface area contributed by atoms with Crippen LogP contribution in [0, 0.1) is 6.92 Å². The highest BCUT2D eigenvalue weighted by atomic mass is 79.9. The largest absolute Gasteiger partial charge is 0.494 e. The summed E-state index contributed by atoms with van der Waals surface area (Å²) in [6.07, 6.45) is -2.55. The second kappa shape index (κ2) is 4.00. The van der Waals surface area contributed by atoms with E-state index < -0.39 is 6.43 Å². The van der Waals surface area contributed by atoms with Gasteiger partial charge in [-0.1, -0.05) is 0 Å². The molecule has 5 heteroatoms. The summed E-state index contributed by atoms with van der Waals surface area (Å²) in [6, 6.07) is 1.31. The molecule has 0 spiro atoms. The van der Waals surface area contributed by atoms with Crippen LogP contribution in [0.15, 0.2) is 10.7 Å². The number of ether oxygens (including phenoxy) is 1. The number of halogens is 3. The number of rotatable bonds is 2. The molecular formula is C8H8BrF2NO. The lowest BCUT2D eigenvalue weighted by molar-refractivity contribution is 0.145. The Morgan fingerprint density at radius 2 is 2.15 bits per heavy atom. The van der Waals surface area contributed by atoms with Crippen molar-refractivity contribution in [3.63, 3.8) is 0 Å². The summed E-state index contributed by atoms with van der Waals surface area (Å²) in [7, 11) is 1.47. The molecule has 72 valence electrons. The average molecular weight is 252 g/mol. The van der Waals surface area contributed by atoms with Gasteiger partial charge in [0.05, 0.1) is 7.11 Å². The molecule has 0 aromatic carbocycles. The molecular weight excluding hydrogens is 244 g/mol. The number of pyridine rings is 1. The minimum atomic E-state index is -2.55. The molecule has 0 bridgehead atoms. The van der Waals surface area contributed by atoms with E-state index in [9.17, 15) is 8.78 Å². The quantitative estimate of drug-likeness (QED) is 0.754. The van der Waals surface area contributed by atoms with Gasteiger partial charge in [0.1, 0.15) is 10.3 Å². The van der Waals surface area contributed by atoms with Crippen LogP contribution in [-0.4, -0.2) is 12.1 Å². The molecule has 13 heavy (non-hydrogen) atoms. The Balaban J connectivity index is 3.20. The molecule has 1 aromatic heterocycles. The number of hydrogen-bond acceptors (Lipinski definition) is 2. The lowest BCUT2D eigenvalue weighted by Crippen LogP contribution is -1.96. The lowest BCUT2D eigenvalue weighted by Gasteiger charge is -2.08. The highest BCUT2D eigenvalue weighted by Gasteiger charge is 2.14. The molecule has 0 aliphatic heterocycles. The summed E-state index contributed by atoms with van der Waals surface area (Å²) >= 11 is 3.06. The van der Waals surface area contributed by atoms with Crippen molar-refractivity contribution in [1.29, 1.82) is 0 Å². The minimum Gasteiger partial charge on any atom is -0.494 e. The van der Waals surface area contributed by atoms with Gasteiger partial charge in [-0.25, -0.2) is 13.8 Å². The maximum atomic E-state index is 12.2. The van der Waals surface area contributed by atoms with Crippen LogP contribution < -0.4 is 4.74 Å². The molecule has 0 saturated carbocycles. The van der Waals surface area contributed by atoms with E-state index in [1.807, 2.05) is 0 Å². The van der Waals surface area contributed by atoms with Crippen molar-refractivity contribution in [2.75, 3.05) is 7.11 Å². The predicted octanol–water partition coefficient (Wildman–Crippen LogP) is 3.10. The van der Waals surface area contributed by atoms with Gasteiger partial charge in [0.2, 0.25) is 0 Å². The normalized spacial score (nSPS) is 10.6. The van der Waals surface area contributed by atoms with Crippen LogP contribution >= 0.6 is 15.9 Å². The molecule has 0 amide bonds. The standard InChI is InChI=1S/C8H8BrF2NO/c1-4-3-5(8(10)11)12-7(9)6(4)13-2/h3,8H,1-2H3. The Hall–Kier alpha value is -0.710. The number of methoxy groups -OCH3 is 1. The van der Waals surface area contributed by atoms with Gasteiger partial charge in [-0.2, -0.15) is 0 Å². The van der Waals surface area contributed by atoms with E-state index in [0.717, 1.165) is 0 Å². The molecule has 0 radical (unpaired) electrons. The number of aromatic nitrogens is 1. The first-order chi connectivity index (χ1) is 6.06. The molecule has 0 unspecified atom stereocenters. The summed E-state index contributed by atoms with van der Waals surface area (Å²) in [5.41, 5.74) is 0.393. The van der Waals surface area contributed by atoms with Crippen LogP contribution in [0.25, 0.3) is 0 Å². The van der Waals surface area contributed by atoms with Gasteiger partial charge in [0.25, 0.3) is 6.43 Å². The molecule has 0 N–H and O–H groups in total. The van der Waals surface area contributed by atoms with Gasteiger partial charge in [0, 0.05) is 0 Å². The van der Waals surface area contributed by atoms with Crippen LogP contribution in [0.2, 0.25) is 0 Å². The minimum absolute atomic E-state index is 0.245. The number of alkyl halides is 2. The smallest absolute Gasteiger partial charge is 0.280 e. The number of hydrogen-bond donors (Lipinski definition) is 0. The van der Waals surface area contributed by atoms with E-state index in [1.54, 1.807) is 6.92 Å². The van der Waals surface area contributed by atoms with Crippen molar-refractivity contribution >= 4 is 15.9 Å².